The van der Waals surface area contributed by atoms with Crippen LogP contribution in [0.5, 0.6) is 0 Å². The van der Waals surface area contributed by atoms with Gasteiger partial charge in [0.2, 0.25) is 0 Å². The lowest BCUT2D eigenvalue weighted by atomic mass is 10.3. The highest BCUT2D eigenvalue weighted by molar-refractivity contribution is 7.07. The number of hydrogen-bond donors (Lipinski definition) is 1. The Hall–Kier alpha value is -1.79. The molecule has 3 aromatic rings. The molecular weight excluding hydrogens is 246 g/mol. The minimum absolute atomic E-state index is 0.806. The Morgan fingerprint density at radius 3 is 3.17 bits per heavy atom. The molecule has 6 heteroatoms. The van der Waals surface area contributed by atoms with Crippen LogP contribution in [0.3, 0.4) is 0 Å². The van der Waals surface area contributed by atoms with Gasteiger partial charge in [0.05, 0.1) is 11.2 Å². The summed E-state index contributed by atoms with van der Waals surface area (Å²) in [7, 11) is 0. The van der Waals surface area contributed by atoms with Crippen LogP contribution in [0.25, 0.3) is 5.65 Å². The molecule has 3 aromatic heterocycles. The van der Waals surface area contributed by atoms with Crippen LogP contribution in [0.1, 0.15) is 11.5 Å². The first-order chi connectivity index (χ1) is 8.93. The van der Waals surface area contributed by atoms with Crippen LogP contribution in [-0.2, 0) is 13.0 Å². The molecule has 0 amide bonds. The Labute approximate surface area is 109 Å². The summed E-state index contributed by atoms with van der Waals surface area (Å²) in [4.78, 5) is 4.22. The molecule has 92 valence electrons. The van der Waals surface area contributed by atoms with E-state index in [-0.39, 0.29) is 0 Å². The molecule has 0 bridgehead atoms. The van der Waals surface area contributed by atoms with E-state index in [9.17, 15) is 0 Å². The van der Waals surface area contributed by atoms with E-state index in [0.29, 0.717) is 0 Å². The van der Waals surface area contributed by atoms with Crippen molar-refractivity contribution in [3.05, 3.63) is 46.8 Å². The molecule has 0 aliphatic carbocycles. The summed E-state index contributed by atoms with van der Waals surface area (Å²) in [5, 5.41) is 13.7. The van der Waals surface area contributed by atoms with Gasteiger partial charge in [-0.1, -0.05) is 6.07 Å². The first-order valence-corrected chi connectivity index (χ1v) is 6.74. The Bertz CT molecular complexity index is 616. The Morgan fingerprint density at radius 2 is 2.28 bits per heavy atom. The van der Waals surface area contributed by atoms with Crippen molar-refractivity contribution in [2.75, 3.05) is 6.54 Å². The third-order valence-electron chi connectivity index (χ3n) is 2.70. The number of aromatic nitrogens is 4. The summed E-state index contributed by atoms with van der Waals surface area (Å²) in [5.41, 5.74) is 3.83. The number of thiazole rings is 1. The normalized spacial score (nSPS) is 11.1. The van der Waals surface area contributed by atoms with Gasteiger partial charge < -0.3 is 5.32 Å². The molecule has 3 heterocycles. The molecule has 0 aliphatic rings. The van der Waals surface area contributed by atoms with Gasteiger partial charge in [-0.15, -0.1) is 21.5 Å². The molecule has 0 spiro atoms. The van der Waals surface area contributed by atoms with Crippen molar-refractivity contribution in [1.82, 2.24) is 24.9 Å². The molecule has 0 saturated heterocycles. The fourth-order valence-electron chi connectivity index (χ4n) is 1.80. The number of hydrogen-bond acceptors (Lipinski definition) is 5. The summed E-state index contributed by atoms with van der Waals surface area (Å²) in [5.74, 6) is 0.983. The third kappa shape index (κ3) is 2.39. The van der Waals surface area contributed by atoms with E-state index in [1.807, 2.05) is 34.3 Å². The van der Waals surface area contributed by atoms with Crippen LogP contribution >= 0.6 is 11.3 Å². The topological polar surface area (TPSA) is 55.1 Å². The summed E-state index contributed by atoms with van der Waals surface area (Å²) in [6.45, 7) is 1.67. The fourth-order valence-corrected chi connectivity index (χ4v) is 2.36. The van der Waals surface area contributed by atoms with Gasteiger partial charge in [0.1, 0.15) is 5.82 Å². The van der Waals surface area contributed by atoms with Gasteiger partial charge in [-0.2, -0.15) is 0 Å². The minimum Gasteiger partial charge on any atom is -0.311 e. The Morgan fingerprint density at radius 1 is 1.28 bits per heavy atom. The van der Waals surface area contributed by atoms with Crippen LogP contribution in [0.4, 0.5) is 0 Å². The highest BCUT2D eigenvalue weighted by Crippen LogP contribution is 2.03. The molecule has 1 N–H and O–H groups in total. The maximum Gasteiger partial charge on any atom is 0.160 e. The minimum atomic E-state index is 0.806. The highest BCUT2D eigenvalue weighted by Gasteiger charge is 2.03. The van der Waals surface area contributed by atoms with E-state index in [0.717, 1.165) is 36.7 Å². The van der Waals surface area contributed by atoms with Crippen molar-refractivity contribution in [1.29, 1.82) is 0 Å². The molecule has 0 atom stereocenters. The van der Waals surface area contributed by atoms with E-state index in [2.05, 4.69) is 25.9 Å². The molecule has 0 aliphatic heterocycles. The summed E-state index contributed by atoms with van der Waals surface area (Å²) >= 11 is 1.62. The summed E-state index contributed by atoms with van der Waals surface area (Å²) in [6, 6.07) is 5.91. The third-order valence-corrected chi connectivity index (χ3v) is 3.33. The first kappa shape index (κ1) is 11.3. The number of fused-ring (bicyclic) bond motifs is 1. The van der Waals surface area contributed by atoms with Gasteiger partial charge in [0, 0.05) is 31.1 Å². The largest absolute Gasteiger partial charge is 0.311 e. The van der Waals surface area contributed by atoms with Gasteiger partial charge in [0.15, 0.2) is 5.65 Å². The lowest BCUT2D eigenvalue weighted by Crippen LogP contribution is -2.17. The zero-order valence-corrected chi connectivity index (χ0v) is 10.6. The van der Waals surface area contributed by atoms with Crippen molar-refractivity contribution in [3.8, 4) is 0 Å². The second-order valence-electron chi connectivity index (χ2n) is 3.95. The molecule has 3 rings (SSSR count). The molecule has 18 heavy (non-hydrogen) atoms. The van der Waals surface area contributed by atoms with Crippen molar-refractivity contribution in [3.63, 3.8) is 0 Å². The molecular formula is C12H13N5S. The van der Waals surface area contributed by atoms with E-state index in [1.165, 1.54) is 0 Å². The number of rotatable bonds is 5. The monoisotopic (exact) mass is 259 g/mol. The summed E-state index contributed by atoms with van der Waals surface area (Å²) in [6.07, 6.45) is 2.85. The predicted octanol–water partition coefficient (Wildman–Crippen LogP) is 1.52. The molecule has 0 saturated carbocycles. The molecule has 0 fully saturated rings. The zero-order valence-electron chi connectivity index (χ0n) is 9.78. The second kappa shape index (κ2) is 5.24. The predicted molar refractivity (Wildman–Crippen MR) is 70.5 cm³/mol. The first-order valence-electron chi connectivity index (χ1n) is 5.80. The maximum absolute atomic E-state index is 4.22. The number of nitrogens with one attached hydrogen (secondary N) is 1. The molecule has 0 aromatic carbocycles. The van der Waals surface area contributed by atoms with E-state index >= 15 is 0 Å². The molecule has 5 nitrogen and oxygen atoms in total. The molecule has 0 radical (unpaired) electrons. The average molecular weight is 259 g/mol. The van der Waals surface area contributed by atoms with E-state index in [1.54, 1.807) is 11.3 Å². The Kier molecular flexibility index (Phi) is 3.29. The van der Waals surface area contributed by atoms with Crippen LogP contribution in [0, 0.1) is 0 Å². The van der Waals surface area contributed by atoms with Crippen LogP contribution in [-0.4, -0.2) is 26.1 Å². The zero-order chi connectivity index (χ0) is 12.2. The number of nitrogens with zero attached hydrogens (tertiary/aromatic N) is 4. The van der Waals surface area contributed by atoms with Crippen molar-refractivity contribution >= 4 is 17.0 Å². The SMILES string of the molecule is c1ccn2c(CCNCc3cscn3)nnc2c1. The fraction of sp³-hybridized carbons (Fsp3) is 0.250. The smallest absolute Gasteiger partial charge is 0.160 e. The van der Waals surface area contributed by atoms with Crippen molar-refractivity contribution in [2.45, 2.75) is 13.0 Å². The van der Waals surface area contributed by atoms with Crippen LogP contribution < -0.4 is 5.32 Å². The van der Waals surface area contributed by atoms with Gasteiger partial charge in [0.25, 0.3) is 0 Å². The standard InChI is InChI=1S/C12H13N5S/c1-2-6-17-11(3-1)15-16-12(17)4-5-13-7-10-8-18-9-14-10/h1-3,6,8-9,13H,4-5,7H2. The lowest BCUT2D eigenvalue weighted by molar-refractivity contribution is 0.659. The maximum atomic E-state index is 4.22. The van der Waals surface area contributed by atoms with Crippen LogP contribution in [0.2, 0.25) is 0 Å². The average Bonchev–Trinajstić information content (AvgIpc) is 3.04. The van der Waals surface area contributed by atoms with Gasteiger partial charge in [-0.3, -0.25) is 4.40 Å². The molecule has 0 unspecified atom stereocenters. The second-order valence-corrected chi connectivity index (χ2v) is 4.67. The quantitative estimate of drug-likeness (QED) is 0.706. The number of pyridine rings is 1. The van der Waals surface area contributed by atoms with Crippen molar-refractivity contribution in [2.24, 2.45) is 0 Å². The van der Waals surface area contributed by atoms with Gasteiger partial charge in [-0.05, 0) is 12.1 Å². The van der Waals surface area contributed by atoms with E-state index in [4.69, 9.17) is 0 Å². The van der Waals surface area contributed by atoms with Gasteiger partial charge in [-0.25, -0.2) is 4.98 Å². The Balaban J connectivity index is 1.57. The van der Waals surface area contributed by atoms with Crippen molar-refractivity contribution < 1.29 is 0 Å². The van der Waals surface area contributed by atoms with E-state index < -0.39 is 0 Å². The van der Waals surface area contributed by atoms with Gasteiger partial charge >= 0.3 is 0 Å². The highest BCUT2D eigenvalue weighted by atomic mass is 32.1. The summed E-state index contributed by atoms with van der Waals surface area (Å²) < 4.78 is 2.02. The van der Waals surface area contributed by atoms with Crippen LogP contribution in [0.15, 0.2) is 35.3 Å². The lowest BCUT2D eigenvalue weighted by Gasteiger charge is -2.01.